The second-order valence-corrected chi connectivity index (χ2v) is 10.8. The van der Waals surface area contributed by atoms with E-state index in [4.69, 9.17) is 9.72 Å². The van der Waals surface area contributed by atoms with Crippen molar-refractivity contribution in [2.75, 3.05) is 50.1 Å². The Kier molecular flexibility index (Phi) is 7.54. The normalized spacial score (nSPS) is 14.8. The highest BCUT2D eigenvalue weighted by atomic mass is 32.1. The van der Waals surface area contributed by atoms with Gasteiger partial charge < -0.3 is 15.0 Å². The lowest BCUT2D eigenvalue weighted by Gasteiger charge is -2.35. The van der Waals surface area contributed by atoms with E-state index in [1.165, 1.54) is 16.1 Å². The fourth-order valence-electron chi connectivity index (χ4n) is 4.20. The molecule has 0 aliphatic carbocycles. The maximum Gasteiger partial charge on any atom is 0.240 e. The van der Waals surface area contributed by atoms with Gasteiger partial charge in [-0.1, -0.05) is 51.1 Å². The van der Waals surface area contributed by atoms with E-state index in [-0.39, 0.29) is 11.3 Å². The number of benzene rings is 2. The molecule has 0 atom stereocenters. The Balaban J connectivity index is 1.37. The van der Waals surface area contributed by atoms with Crippen LogP contribution in [0.15, 0.2) is 54.6 Å². The Morgan fingerprint density at radius 2 is 1.71 bits per heavy atom. The summed E-state index contributed by atoms with van der Waals surface area (Å²) in [6, 6.07) is 18.6. The first-order valence-corrected chi connectivity index (χ1v) is 12.6. The summed E-state index contributed by atoms with van der Waals surface area (Å²) >= 11 is 1.58. The van der Waals surface area contributed by atoms with Crippen molar-refractivity contribution >= 4 is 28.1 Å². The third-order valence-electron chi connectivity index (χ3n) is 6.04. The van der Waals surface area contributed by atoms with E-state index in [9.17, 15) is 4.79 Å². The minimum Gasteiger partial charge on any atom is -0.497 e. The van der Waals surface area contributed by atoms with Crippen molar-refractivity contribution in [3.05, 3.63) is 70.7 Å². The molecule has 0 unspecified atom stereocenters. The van der Waals surface area contributed by atoms with Gasteiger partial charge in [0.15, 0.2) is 5.13 Å². The van der Waals surface area contributed by atoms with E-state index in [1.807, 2.05) is 18.2 Å². The molecule has 1 fully saturated rings. The number of methoxy groups -OCH3 is 1. The number of thiazole rings is 1. The number of nitrogens with one attached hydrogen (secondary N) is 1. The van der Waals surface area contributed by atoms with Gasteiger partial charge in [0.1, 0.15) is 5.75 Å². The summed E-state index contributed by atoms with van der Waals surface area (Å²) in [5.74, 6) is 0.847. The van der Waals surface area contributed by atoms with E-state index < -0.39 is 0 Å². The van der Waals surface area contributed by atoms with E-state index in [0.29, 0.717) is 11.7 Å². The van der Waals surface area contributed by atoms with Crippen molar-refractivity contribution < 1.29 is 9.53 Å². The number of amides is 1. The molecule has 2 aromatic carbocycles. The number of hydrogen-bond acceptors (Lipinski definition) is 6. The summed E-state index contributed by atoms with van der Waals surface area (Å²) < 4.78 is 5.27. The number of anilines is 2. The molecule has 6 nitrogen and oxygen atoms in total. The van der Waals surface area contributed by atoms with Crippen molar-refractivity contribution in [3.8, 4) is 5.75 Å². The maximum absolute atomic E-state index is 12.8. The van der Waals surface area contributed by atoms with Crippen molar-refractivity contribution in [1.29, 1.82) is 0 Å². The Morgan fingerprint density at radius 1 is 1.03 bits per heavy atom. The summed E-state index contributed by atoms with van der Waals surface area (Å²) in [6.07, 6.45) is 0.783. The zero-order valence-electron chi connectivity index (χ0n) is 20.5. The van der Waals surface area contributed by atoms with Gasteiger partial charge in [0.2, 0.25) is 5.91 Å². The van der Waals surface area contributed by atoms with Crippen LogP contribution in [-0.4, -0.2) is 55.6 Å². The molecule has 0 saturated carbocycles. The largest absolute Gasteiger partial charge is 0.497 e. The predicted octanol–water partition coefficient (Wildman–Crippen LogP) is 4.80. The highest BCUT2D eigenvalue weighted by Crippen LogP contribution is 2.34. The summed E-state index contributed by atoms with van der Waals surface area (Å²) in [4.78, 5) is 23.4. The number of ether oxygens (including phenoxy) is 1. The molecule has 1 saturated heterocycles. The van der Waals surface area contributed by atoms with Crippen LogP contribution >= 0.6 is 11.3 Å². The van der Waals surface area contributed by atoms with Crippen molar-refractivity contribution in [1.82, 2.24) is 9.88 Å². The number of rotatable bonds is 7. The van der Waals surface area contributed by atoms with Gasteiger partial charge in [0.05, 0.1) is 19.3 Å². The second kappa shape index (κ2) is 10.6. The van der Waals surface area contributed by atoms with Crippen LogP contribution in [0.3, 0.4) is 0 Å². The highest BCUT2D eigenvalue weighted by Gasteiger charge is 2.25. The van der Waals surface area contributed by atoms with Gasteiger partial charge in [0.25, 0.3) is 0 Å². The fraction of sp³-hybridized carbons (Fsp3) is 0.407. The zero-order valence-corrected chi connectivity index (χ0v) is 21.3. The molecule has 1 amide bonds. The van der Waals surface area contributed by atoms with Crippen LogP contribution in [0.1, 0.15) is 36.9 Å². The quantitative estimate of drug-likeness (QED) is 0.529. The molecular formula is C27H34N4O2S. The molecule has 1 N–H and O–H groups in total. The Morgan fingerprint density at radius 3 is 2.32 bits per heavy atom. The van der Waals surface area contributed by atoms with Gasteiger partial charge >= 0.3 is 0 Å². The topological polar surface area (TPSA) is 57.7 Å². The lowest BCUT2D eigenvalue weighted by molar-refractivity contribution is -0.117. The molecular weight excluding hydrogens is 444 g/mol. The molecule has 2 heterocycles. The summed E-state index contributed by atoms with van der Waals surface area (Å²) in [5.41, 5.74) is 3.38. The number of piperazine rings is 1. The Bertz CT molecular complexity index is 1080. The monoisotopic (exact) mass is 478 g/mol. The van der Waals surface area contributed by atoms with Crippen LogP contribution in [0.25, 0.3) is 0 Å². The molecule has 1 aliphatic heterocycles. The molecule has 180 valence electrons. The van der Waals surface area contributed by atoms with Gasteiger partial charge in [-0.15, -0.1) is 11.3 Å². The lowest BCUT2D eigenvalue weighted by Crippen LogP contribution is -2.48. The maximum atomic E-state index is 12.8. The van der Waals surface area contributed by atoms with E-state index in [2.05, 4.69) is 72.3 Å². The van der Waals surface area contributed by atoms with Gasteiger partial charge in [-0.3, -0.25) is 9.69 Å². The number of nitrogens with zero attached hydrogens (tertiary/aromatic N) is 3. The predicted molar refractivity (Wildman–Crippen MR) is 140 cm³/mol. The van der Waals surface area contributed by atoms with Crippen LogP contribution in [0.2, 0.25) is 0 Å². The molecule has 3 aromatic rings. The molecule has 0 spiro atoms. The van der Waals surface area contributed by atoms with Crippen LogP contribution in [0.5, 0.6) is 5.75 Å². The minimum absolute atomic E-state index is 0.00151. The summed E-state index contributed by atoms with van der Waals surface area (Å²) in [6.45, 7) is 10.5. The molecule has 0 radical (unpaired) electrons. The van der Waals surface area contributed by atoms with Gasteiger partial charge in [-0.05, 0) is 29.8 Å². The van der Waals surface area contributed by atoms with Gasteiger partial charge in [-0.25, -0.2) is 4.98 Å². The number of aromatic nitrogens is 1. The van der Waals surface area contributed by atoms with Crippen LogP contribution in [-0.2, 0) is 16.6 Å². The smallest absolute Gasteiger partial charge is 0.240 e. The first kappa shape index (κ1) is 24.2. The summed E-state index contributed by atoms with van der Waals surface area (Å²) in [5, 5.41) is 3.74. The van der Waals surface area contributed by atoms with Crippen LogP contribution in [0, 0.1) is 0 Å². The summed E-state index contributed by atoms with van der Waals surface area (Å²) in [7, 11) is 1.67. The van der Waals surface area contributed by atoms with Crippen molar-refractivity contribution in [2.24, 2.45) is 0 Å². The molecule has 4 rings (SSSR count). The molecule has 0 bridgehead atoms. The fourth-order valence-corrected chi connectivity index (χ4v) is 5.43. The third-order valence-corrected chi connectivity index (χ3v) is 7.01. The first-order chi connectivity index (χ1) is 16.3. The van der Waals surface area contributed by atoms with Gasteiger partial charge in [0, 0.05) is 48.6 Å². The molecule has 1 aromatic heterocycles. The minimum atomic E-state index is -0.102. The Hall–Kier alpha value is -2.90. The highest BCUT2D eigenvalue weighted by molar-refractivity contribution is 7.15. The standard InChI is InChI=1S/C27H34N4O2S/c1-27(2,3)25-23(18-20-10-12-22(33-4)13-11-20)34-26(29-25)28-24(32)19-30-14-16-31(17-15-30)21-8-6-5-7-9-21/h5-13H,14-19H2,1-4H3,(H,28,29,32). The van der Waals surface area contributed by atoms with E-state index in [1.54, 1.807) is 18.4 Å². The van der Waals surface area contributed by atoms with E-state index >= 15 is 0 Å². The zero-order chi connectivity index (χ0) is 24.1. The molecule has 7 heteroatoms. The average Bonchev–Trinajstić information content (AvgIpc) is 3.23. The SMILES string of the molecule is COc1ccc(Cc2sc(NC(=O)CN3CCN(c4ccccc4)CC3)nc2C(C)(C)C)cc1. The first-order valence-electron chi connectivity index (χ1n) is 11.8. The number of para-hydroxylation sites is 1. The Labute approximate surface area is 206 Å². The van der Waals surface area contributed by atoms with E-state index in [0.717, 1.165) is 44.0 Å². The lowest BCUT2D eigenvalue weighted by atomic mass is 9.90. The van der Waals surface area contributed by atoms with Gasteiger partial charge in [-0.2, -0.15) is 0 Å². The second-order valence-electron chi connectivity index (χ2n) is 9.71. The number of carbonyl (C=O) groups excluding carboxylic acids is 1. The third kappa shape index (κ3) is 6.15. The molecule has 1 aliphatic rings. The number of hydrogen-bond donors (Lipinski definition) is 1. The number of carbonyl (C=O) groups is 1. The van der Waals surface area contributed by atoms with Crippen LogP contribution < -0.4 is 15.0 Å². The van der Waals surface area contributed by atoms with Crippen molar-refractivity contribution in [2.45, 2.75) is 32.6 Å². The van der Waals surface area contributed by atoms with Crippen molar-refractivity contribution in [3.63, 3.8) is 0 Å². The van der Waals surface area contributed by atoms with Crippen LogP contribution in [0.4, 0.5) is 10.8 Å². The molecule has 34 heavy (non-hydrogen) atoms. The average molecular weight is 479 g/mol.